The van der Waals surface area contributed by atoms with Gasteiger partial charge in [0, 0.05) is 18.7 Å². The topological polar surface area (TPSA) is 98.5 Å². The van der Waals surface area contributed by atoms with Crippen molar-refractivity contribution in [1.82, 2.24) is 29.8 Å². The maximum Gasteiger partial charge on any atom is 0.431 e. The van der Waals surface area contributed by atoms with E-state index < -0.39 is 23.1 Å². The molecule has 8 nitrogen and oxygen atoms in total. The summed E-state index contributed by atoms with van der Waals surface area (Å²) in [6, 6.07) is 2.72. The van der Waals surface area contributed by atoms with Crippen LogP contribution in [0.2, 0.25) is 10.0 Å². The van der Waals surface area contributed by atoms with Crippen molar-refractivity contribution >= 4 is 23.2 Å². The molecule has 2 heterocycles. The van der Waals surface area contributed by atoms with E-state index >= 15 is 0 Å². The summed E-state index contributed by atoms with van der Waals surface area (Å²) in [6.07, 6.45) is -4.88. The first-order valence-corrected chi connectivity index (χ1v) is 7.51. The summed E-state index contributed by atoms with van der Waals surface area (Å²) in [4.78, 5) is 25.8. The van der Waals surface area contributed by atoms with E-state index in [0.717, 1.165) is 0 Å². The first kappa shape index (κ1) is 18.1. The number of aromatic nitrogens is 6. The Labute approximate surface area is 151 Å². The Morgan fingerprint density at radius 2 is 1.81 bits per heavy atom. The highest BCUT2D eigenvalue weighted by molar-refractivity contribution is 6.37. The molecule has 0 unspecified atom stereocenters. The average Bonchev–Trinajstić information content (AvgIpc) is 2.93. The lowest BCUT2D eigenvalue weighted by molar-refractivity contribution is -0.141. The number of nitrogens with zero attached hydrogens (tertiary/aromatic N) is 5. The molecule has 3 rings (SSSR count). The highest BCUT2D eigenvalue weighted by atomic mass is 35.5. The van der Waals surface area contributed by atoms with Crippen molar-refractivity contribution in [2.75, 3.05) is 0 Å². The normalized spacial score (nSPS) is 11.8. The molecule has 2 aromatic heterocycles. The van der Waals surface area contributed by atoms with Gasteiger partial charge >= 0.3 is 11.9 Å². The van der Waals surface area contributed by atoms with E-state index in [1.807, 2.05) is 0 Å². The van der Waals surface area contributed by atoms with Crippen molar-refractivity contribution in [1.29, 1.82) is 0 Å². The number of hydrogen-bond acceptors (Lipinski definition) is 5. The van der Waals surface area contributed by atoms with Gasteiger partial charge in [0.15, 0.2) is 5.82 Å². The number of tetrazole rings is 1. The highest BCUT2D eigenvalue weighted by Gasteiger charge is 2.33. The van der Waals surface area contributed by atoms with Crippen LogP contribution in [0.4, 0.5) is 13.2 Å². The molecule has 13 heteroatoms. The Morgan fingerprint density at radius 3 is 2.35 bits per heavy atom. The minimum atomic E-state index is -4.88. The molecule has 1 aromatic carbocycles. The van der Waals surface area contributed by atoms with Crippen LogP contribution >= 0.6 is 23.2 Å². The summed E-state index contributed by atoms with van der Waals surface area (Å²) in [5.74, 6) is 0.198. The largest absolute Gasteiger partial charge is 0.431 e. The molecule has 0 aliphatic carbocycles. The molecule has 0 bridgehead atoms. The molecule has 1 N–H and O–H groups in total. The lowest BCUT2D eigenvalue weighted by atomic mass is 10.2. The lowest BCUT2D eigenvalue weighted by Crippen LogP contribution is -2.36. The van der Waals surface area contributed by atoms with E-state index in [1.165, 1.54) is 23.9 Å². The molecular formula is C13H7Cl2F3N6O2. The van der Waals surface area contributed by atoms with Crippen molar-refractivity contribution in [3.8, 4) is 17.1 Å². The van der Waals surface area contributed by atoms with Crippen LogP contribution in [0.3, 0.4) is 0 Å². The number of hydrogen-bond donors (Lipinski definition) is 1. The summed E-state index contributed by atoms with van der Waals surface area (Å²) in [6.45, 7) is 0. The molecule has 0 spiro atoms. The third-order valence-corrected chi connectivity index (χ3v) is 3.99. The Morgan fingerprint density at radius 1 is 1.12 bits per heavy atom. The van der Waals surface area contributed by atoms with Crippen LogP contribution in [0.5, 0.6) is 0 Å². The number of aromatic amines is 1. The zero-order chi connectivity index (χ0) is 19.2. The molecule has 3 aromatic rings. The van der Waals surface area contributed by atoms with Gasteiger partial charge in [-0.1, -0.05) is 23.2 Å². The Balaban J connectivity index is 2.28. The molecule has 0 amide bonds. The molecule has 0 saturated heterocycles. The fraction of sp³-hybridized carbons (Fsp3) is 0.154. The van der Waals surface area contributed by atoms with E-state index in [9.17, 15) is 22.8 Å². The standard InChI is InChI=1S/C13H7Cl2F3N6O2/c1-23-11(20-21-22-23)5-2-8(7(15)3-6(5)14)24-10(25)4-9(13(16,17)18)19-12(24)26/h2-4H,1H3,(H,19,26). The Bertz CT molecular complexity index is 1090. The summed E-state index contributed by atoms with van der Waals surface area (Å²) in [7, 11) is 1.52. The molecule has 0 atom stereocenters. The van der Waals surface area contributed by atoms with Gasteiger partial charge in [0.25, 0.3) is 5.56 Å². The van der Waals surface area contributed by atoms with E-state index in [0.29, 0.717) is 4.57 Å². The quantitative estimate of drug-likeness (QED) is 0.701. The molecular weight excluding hydrogens is 400 g/mol. The Hall–Kier alpha value is -2.66. The van der Waals surface area contributed by atoms with Crippen LogP contribution in [-0.2, 0) is 13.2 Å². The van der Waals surface area contributed by atoms with Crippen molar-refractivity contribution in [3.05, 3.63) is 54.8 Å². The number of aryl methyl sites for hydroxylation is 1. The lowest BCUT2D eigenvalue weighted by Gasteiger charge is -2.12. The van der Waals surface area contributed by atoms with Gasteiger partial charge in [0.2, 0.25) is 0 Å². The number of benzene rings is 1. The smallest absolute Gasteiger partial charge is 0.303 e. The average molecular weight is 407 g/mol. The van der Waals surface area contributed by atoms with Gasteiger partial charge in [-0.3, -0.25) is 4.79 Å². The third-order valence-electron chi connectivity index (χ3n) is 3.38. The van der Waals surface area contributed by atoms with Gasteiger partial charge in [-0.15, -0.1) is 5.10 Å². The number of alkyl halides is 3. The molecule has 0 aliphatic heterocycles. The fourth-order valence-electron chi connectivity index (χ4n) is 2.21. The monoisotopic (exact) mass is 406 g/mol. The second-order valence-electron chi connectivity index (χ2n) is 5.07. The van der Waals surface area contributed by atoms with Crippen LogP contribution in [0.15, 0.2) is 27.8 Å². The summed E-state index contributed by atoms with van der Waals surface area (Å²) < 4.78 is 39.9. The predicted molar refractivity (Wildman–Crippen MR) is 85.5 cm³/mol. The maximum atomic E-state index is 12.7. The van der Waals surface area contributed by atoms with Crippen molar-refractivity contribution in [2.45, 2.75) is 6.18 Å². The van der Waals surface area contributed by atoms with E-state index in [-0.39, 0.29) is 33.2 Å². The first-order chi connectivity index (χ1) is 12.1. The van der Waals surface area contributed by atoms with E-state index in [1.54, 1.807) is 4.98 Å². The van der Waals surface area contributed by atoms with Crippen LogP contribution in [-0.4, -0.2) is 29.8 Å². The van der Waals surface area contributed by atoms with Gasteiger partial charge in [-0.2, -0.15) is 13.2 Å². The molecule has 0 radical (unpaired) electrons. The zero-order valence-electron chi connectivity index (χ0n) is 12.7. The SMILES string of the molecule is Cn1nnnc1-c1cc(-n2c(=O)cc(C(F)(F)F)[nH]c2=O)c(Cl)cc1Cl. The highest BCUT2D eigenvalue weighted by Crippen LogP contribution is 2.32. The number of nitrogens with one attached hydrogen (secondary N) is 1. The Kier molecular flexibility index (Phi) is 4.36. The zero-order valence-corrected chi connectivity index (χ0v) is 14.2. The van der Waals surface area contributed by atoms with Crippen LogP contribution in [0.25, 0.3) is 17.1 Å². The van der Waals surface area contributed by atoms with Crippen molar-refractivity contribution < 1.29 is 13.2 Å². The maximum absolute atomic E-state index is 12.7. The number of rotatable bonds is 2. The van der Waals surface area contributed by atoms with Gasteiger partial charge in [0.05, 0.1) is 15.7 Å². The van der Waals surface area contributed by atoms with Crippen LogP contribution in [0.1, 0.15) is 5.69 Å². The molecule has 0 fully saturated rings. The van der Waals surface area contributed by atoms with Crippen molar-refractivity contribution in [2.24, 2.45) is 7.05 Å². The van der Waals surface area contributed by atoms with E-state index in [2.05, 4.69) is 15.5 Å². The van der Waals surface area contributed by atoms with Gasteiger partial charge < -0.3 is 4.98 Å². The molecule has 0 aliphatic rings. The van der Waals surface area contributed by atoms with Gasteiger partial charge in [-0.05, 0) is 22.6 Å². The van der Waals surface area contributed by atoms with Gasteiger partial charge in [-0.25, -0.2) is 14.0 Å². The second-order valence-corrected chi connectivity index (χ2v) is 5.88. The van der Waals surface area contributed by atoms with E-state index in [4.69, 9.17) is 23.2 Å². The van der Waals surface area contributed by atoms with Crippen LogP contribution in [0, 0.1) is 0 Å². The third kappa shape index (κ3) is 3.10. The minimum absolute atomic E-state index is 0.119. The first-order valence-electron chi connectivity index (χ1n) is 6.75. The number of halogens is 5. The summed E-state index contributed by atoms with van der Waals surface area (Å²) >= 11 is 12.1. The molecule has 0 saturated carbocycles. The second kappa shape index (κ2) is 6.25. The fourth-order valence-corrected chi connectivity index (χ4v) is 2.77. The minimum Gasteiger partial charge on any atom is -0.303 e. The molecule has 26 heavy (non-hydrogen) atoms. The van der Waals surface area contributed by atoms with Gasteiger partial charge in [0.1, 0.15) is 5.69 Å². The summed E-state index contributed by atoms with van der Waals surface area (Å²) in [5.41, 5.74) is -3.94. The molecule has 136 valence electrons. The van der Waals surface area contributed by atoms with Crippen molar-refractivity contribution in [3.63, 3.8) is 0 Å². The van der Waals surface area contributed by atoms with Crippen LogP contribution < -0.4 is 11.2 Å². The summed E-state index contributed by atoms with van der Waals surface area (Å²) in [5, 5.41) is 10.8. The number of H-pyrrole nitrogens is 1. The predicted octanol–water partition coefficient (Wildman–Crippen LogP) is 2.04.